The van der Waals surface area contributed by atoms with Gasteiger partial charge in [0.05, 0.1) is 7.11 Å². The van der Waals surface area contributed by atoms with Gasteiger partial charge in [-0.25, -0.2) is 0 Å². The molecule has 4 nitrogen and oxygen atoms in total. The van der Waals surface area contributed by atoms with Gasteiger partial charge in [0.1, 0.15) is 11.9 Å². The van der Waals surface area contributed by atoms with Crippen LogP contribution in [0.2, 0.25) is 0 Å². The molecule has 0 N–H and O–H groups in total. The number of anilines is 1. The molecule has 4 rings (SSSR count). The zero-order valence-electron chi connectivity index (χ0n) is 14.0. The van der Waals surface area contributed by atoms with E-state index in [1.165, 1.54) is 11.1 Å². The zero-order chi connectivity index (χ0) is 16.7. The summed E-state index contributed by atoms with van der Waals surface area (Å²) in [5.74, 6) is 0.858. The number of hydrogen-bond donors (Lipinski definition) is 0. The highest BCUT2D eigenvalue weighted by Crippen LogP contribution is 2.40. The minimum atomic E-state index is 0.119. The van der Waals surface area contributed by atoms with Crippen LogP contribution in [0.4, 0.5) is 5.69 Å². The molecule has 2 aliphatic rings. The summed E-state index contributed by atoms with van der Waals surface area (Å²) in [6, 6.07) is 16.9. The molecule has 5 heteroatoms. The monoisotopic (exact) mass is 339 g/mol. The number of fused-ring (bicyclic) bond motifs is 1. The van der Waals surface area contributed by atoms with Gasteiger partial charge in [0.25, 0.3) is 0 Å². The summed E-state index contributed by atoms with van der Waals surface area (Å²) in [4.78, 5) is 2.25. The second-order valence-electron chi connectivity index (χ2n) is 6.27. The first kappa shape index (κ1) is 15.4. The number of hydrogen-bond acceptors (Lipinski definition) is 3. The number of benzene rings is 2. The van der Waals surface area contributed by atoms with Crippen LogP contribution in [-0.2, 0) is 0 Å². The lowest BCUT2D eigenvalue weighted by Gasteiger charge is -2.29. The number of ether oxygens (including phenoxy) is 1. The summed E-state index contributed by atoms with van der Waals surface area (Å²) in [7, 11) is 1.69. The second-order valence-corrected chi connectivity index (χ2v) is 6.64. The summed E-state index contributed by atoms with van der Waals surface area (Å²) >= 11 is 5.80. The molecule has 0 amide bonds. The van der Waals surface area contributed by atoms with E-state index in [1.807, 2.05) is 12.1 Å². The third-order valence-corrected chi connectivity index (χ3v) is 5.15. The molecular weight excluding hydrogens is 318 g/mol. The van der Waals surface area contributed by atoms with Crippen molar-refractivity contribution in [3.63, 3.8) is 0 Å². The van der Waals surface area contributed by atoms with Crippen LogP contribution >= 0.6 is 12.2 Å². The lowest BCUT2D eigenvalue weighted by atomic mass is 10.1. The first-order chi connectivity index (χ1) is 11.7. The maximum absolute atomic E-state index is 5.80. The van der Waals surface area contributed by atoms with Crippen molar-refractivity contribution in [3.8, 4) is 5.75 Å². The average Bonchev–Trinajstić information content (AvgIpc) is 3.18. The third kappa shape index (κ3) is 2.44. The molecule has 2 heterocycles. The smallest absolute Gasteiger partial charge is 0.192 e. The molecule has 2 aromatic rings. The summed E-state index contributed by atoms with van der Waals surface area (Å²) in [5.41, 5.74) is 3.64. The van der Waals surface area contributed by atoms with E-state index in [9.17, 15) is 0 Å². The van der Waals surface area contributed by atoms with Gasteiger partial charge in [0.15, 0.2) is 5.11 Å². The van der Waals surface area contributed by atoms with Crippen LogP contribution in [0.1, 0.15) is 23.7 Å². The van der Waals surface area contributed by atoms with E-state index in [-0.39, 0.29) is 6.17 Å². The number of thiocarbonyl (C=S) groups is 1. The van der Waals surface area contributed by atoms with Crippen LogP contribution < -0.4 is 9.64 Å². The van der Waals surface area contributed by atoms with Gasteiger partial charge >= 0.3 is 0 Å². The second kappa shape index (κ2) is 6.07. The fraction of sp³-hybridized carbons (Fsp3) is 0.316. The van der Waals surface area contributed by atoms with Gasteiger partial charge in [-0.2, -0.15) is 5.01 Å². The minimum Gasteiger partial charge on any atom is -0.497 e. The van der Waals surface area contributed by atoms with Crippen molar-refractivity contribution in [2.24, 2.45) is 0 Å². The van der Waals surface area contributed by atoms with E-state index in [0.29, 0.717) is 0 Å². The lowest BCUT2D eigenvalue weighted by molar-refractivity contribution is 0.0923. The van der Waals surface area contributed by atoms with E-state index < -0.39 is 0 Å². The molecule has 24 heavy (non-hydrogen) atoms. The average molecular weight is 339 g/mol. The number of nitrogens with zero attached hydrogens (tertiary/aromatic N) is 3. The van der Waals surface area contributed by atoms with Crippen molar-refractivity contribution in [1.82, 2.24) is 10.0 Å². The molecule has 2 fully saturated rings. The Bertz CT molecular complexity index is 744. The Morgan fingerprint density at radius 1 is 1.00 bits per heavy atom. The van der Waals surface area contributed by atoms with Crippen LogP contribution in [0.3, 0.4) is 0 Å². The molecule has 0 saturated carbocycles. The Morgan fingerprint density at radius 3 is 2.38 bits per heavy atom. The molecule has 1 atom stereocenters. The van der Waals surface area contributed by atoms with Gasteiger partial charge in [0.2, 0.25) is 0 Å². The van der Waals surface area contributed by atoms with Crippen molar-refractivity contribution < 1.29 is 4.74 Å². The molecule has 2 aliphatic heterocycles. The molecule has 2 aromatic carbocycles. The predicted octanol–water partition coefficient (Wildman–Crippen LogP) is 3.73. The topological polar surface area (TPSA) is 19.0 Å². The highest BCUT2D eigenvalue weighted by Gasteiger charge is 2.45. The Hall–Kier alpha value is -2.11. The Morgan fingerprint density at radius 2 is 1.71 bits per heavy atom. The molecule has 124 valence electrons. The highest BCUT2D eigenvalue weighted by molar-refractivity contribution is 7.80. The molecule has 0 aliphatic carbocycles. The van der Waals surface area contributed by atoms with Crippen molar-refractivity contribution in [3.05, 3.63) is 59.7 Å². The number of rotatable bonds is 3. The zero-order valence-corrected chi connectivity index (χ0v) is 14.8. The van der Waals surface area contributed by atoms with Gasteiger partial charge in [-0.3, -0.25) is 9.91 Å². The first-order valence-corrected chi connectivity index (χ1v) is 8.68. The van der Waals surface area contributed by atoms with Gasteiger partial charge in [0, 0.05) is 18.8 Å². The Balaban J connectivity index is 1.76. The summed E-state index contributed by atoms with van der Waals surface area (Å²) < 4.78 is 5.29. The molecule has 2 saturated heterocycles. The molecule has 0 unspecified atom stereocenters. The van der Waals surface area contributed by atoms with Crippen LogP contribution in [-0.4, -0.2) is 35.3 Å². The molecule has 0 spiro atoms. The maximum atomic E-state index is 5.80. The van der Waals surface area contributed by atoms with Gasteiger partial charge < -0.3 is 4.74 Å². The van der Waals surface area contributed by atoms with Crippen molar-refractivity contribution in [2.45, 2.75) is 19.5 Å². The molecule has 0 aromatic heterocycles. The van der Waals surface area contributed by atoms with Crippen LogP contribution in [0.25, 0.3) is 0 Å². The van der Waals surface area contributed by atoms with Gasteiger partial charge in [-0.05, 0) is 55.4 Å². The number of methoxy groups -OCH3 is 1. The SMILES string of the molecule is COc1ccc(N2C(=S)N3CCCN3[C@@H]2c2ccc(C)cc2)cc1. The Kier molecular flexibility index (Phi) is 3.90. The minimum absolute atomic E-state index is 0.119. The van der Waals surface area contributed by atoms with Crippen molar-refractivity contribution in [1.29, 1.82) is 0 Å². The van der Waals surface area contributed by atoms with Gasteiger partial charge in [-0.15, -0.1) is 0 Å². The Labute approximate surface area is 148 Å². The number of hydrazine groups is 1. The fourth-order valence-electron chi connectivity index (χ4n) is 3.51. The largest absolute Gasteiger partial charge is 0.497 e. The van der Waals surface area contributed by atoms with E-state index in [2.05, 4.69) is 58.2 Å². The highest BCUT2D eigenvalue weighted by atomic mass is 32.1. The van der Waals surface area contributed by atoms with Crippen LogP contribution in [0, 0.1) is 6.92 Å². The summed E-state index contributed by atoms with van der Waals surface area (Å²) in [6.07, 6.45) is 1.27. The molecular formula is C19H21N3OS. The predicted molar refractivity (Wildman–Crippen MR) is 100 cm³/mol. The van der Waals surface area contributed by atoms with E-state index in [1.54, 1.807) is 7.11 Å². The van der Waals surface area contributed by atoms with E-state index >= 15 is 0 Å². The normalized spacial score (nSPS) is 20.6. The number of aryl methyl sites for hydroxylation is 1. The quantitative estimate of drug-likeness (QED) is 0.791. The summed E-state index contributed by atoms with van der Waals surface area (Å²) in [6.45, 7) is 4.14. The van der Waals surface area contributed by atoms with Crippen LogP contribution in [0.5, 0.6) is 5.75 Å². The molecule has 0 radical (unpaired) electrons. The lowest BCUT2D eigenvalue weighted by Crippen LogP contribution is -2.32. The van der Waals surface area contributed by atoms with E-state index in [4.69, 9.17) is 17.0 Å². The fourth-order valence-corrected chi connectivity index (χ4v) is 3.91. The van der Waals surface area contributed by atoms with Crippen LogP contribution in [0.15, 0.2) is 48.5 Å². The van der Waals surface area contributed by atoms with Crippen molar-refractivity contribution >= 4 is 23.0 Å². The summed E-state index contributed by atoms with van der Waals surface area (Å²) in [5, 5.41) is 5.50. The van der Waals surface area contributed by atoms with Gasteiger partial charge in [-0.1, -0.05) is 29.8 Å². The first-order valence-electron chi connectivity index (χ1n) is 8.27. The molecule has 0 bridgehead atoms. The maximum Gasteiger partial charge on any atom is 0.192 e. The van der Waals surface area contributed by atoms with E-state index in [0.717, 1.165) is 36.1 Å². The van der Waals surface area contributed by atoms with Crippen molar-refractivity contribution in [2.75, 3.05) is 25.1 Å². The standard InChI is InChI=1S/C19H21N3OS/c1-14-4-6-15(7-5-14)18-20-12-3-13-21(20)19(24)22(18)16-8-10-17(23-2)11-9-16/h4-11,18H,3,12-13H2,1-2H3/t18-/m0/s1. The third-order valence-electron chi connectivity index (χ3n) is 4.75.